The van der Waals surface area contributed by atoms with Gasteiger partial charge in [-0.2, -0.15) is 11.8 Å². The van der Waals surface area contributed by atoms with Gasteiger partial charge in [-0.25, -0.2) is 0 Å². The summed E-state index contributed by atoms with van der Waals surface area (Å²) in [6, 6.07) is 2.06. The highest BCUT2D eigenvalue weighted by Gasteiger charge is 2.01. The monoisotopic (exact) mass is 241 g/mol. The number of nitrogens with two attached hydrogens (primary N) is 1. The van der Waals surface area contributed by atoms with E-state index < -0.39 is 0 Å². The first-order chi connectivity index (χ1) is 7.38. The van der Waals surface area contributed by atoms with Crippen molar-refractivity contribution in [2.45, 2.75) is 5.75 Å². The number of thioether (sulfide) groups is 1. The van der Waals surface area contributed by atoms with Crippen LogP contribution in [0.25, 0.3) is 0 Å². The molecular weight excluding hydrogens is 226 g/mol. The van der Waals surface area contributed by atoms with Crippen molar-refractivity contribution in [2.24, 2.45) is 5.73 Å². The van der Waals surface area contributed by atoms with Crippen molar-refractivity contribution >= 4 is 23.1 Å². The number of hydrogen-bond donors (Lipinski definition) is 1. The van der Waals surface area contributed by atoms with Crippen molar-refractivity contribution in [3.63, 3.8) is 0 Å². The highest BCUT2D eigenvalue weighted by atomic mass is 32.2. The molecule has 0 amide bonds. The molecule has 1 heterocycles. The van der Waals surface area contributed by atoms with Crippen LogP contribution in [0.1, 0.15) is 10.4 Å². The third kappa shape index (κ3) is 4.72. The lowest BCUT2D eigenvalue weighted by Gasteiger charge is -1.99. The lowest BCUT2D eigenvalue weighted by Crippen LogP contribution is -1.94. The minimum atomic E-state index is 0.423. The zero-order chi connectivity index (χ0) is 10.9. The van der Waals surface area contributed by atoms with Crippen LogP contribution in [0.4, 0.5) is 0 Å². The van der Waals surface area contributed by atoms with Gasteiger partial charge < -0.3 is 10.5 Å². The summed E-state index contributed by atoms with van der Waals surface area (Å²) in [5, 5.41) is 2.08. The van der Waals surface area contributed by atoms with Gasteiger partial charge in [0, 0.05) is 29.1 Å². The van der Waals surface area contributed by atoms with Crippen LogP contribution < -0.4 is 5.73 Å². The Morgan fingerprint density at radius 1 is 1.60 bits per heavy atom. The molecule has 0 aliphatic heterocycles. The standard InChI is InChI=1S/C11H15NOS2/c1-13-6-8-14-9-11-10(3-2-5-12)4-7-15-11/h4,7H,5-6,8-9,12H2,1H3. The lowest BCUT2D eigenvalue weighted by atomic mass is 10.3. The molecule has 0 aliphatic carbocycles. The Bertz CT molecular complexity index is 338. The highest BCUT2D eigenvalue weighted by molar-refractivity contribution is 7.98. The van der Waals surface area contributed by atoms with E-state index >= 15 is 0 Å². The van der Waals surface area contributed by atoms with Gasteiger partial charge >= 0.3 is 0 Å². The molecule has 1 aromatic rings. The van der Waals surface area contributed by atoms with Gasteiger partial charge in [-0.05, 0) is 11.4 Å². The summed E-state index contributed by atoms with van der Waals surface area (Å²) in [7, 11) is 1.73. The topological polar surface area (TPSA) is 35.2 Å². The largest absolute Gasteiger partial charge is 0.384 e. The van der Waals surface area contributed by atoms with Crippen molar-refractivity contribution in [3.8, 4) is 11.8 Å². The average molecular weight is 241 g/mol. The minimum absolute atomic E-state index is 0.423. The van der Waals surface area contributed by atoms with E-state index in [4.69, 9.17) is 10.5 Å². The summed E-state index contributed by atoms with van der Waals surface area (Å²) in [4.78, 5) is 1.33. The Labute approximate surface area is 99.2 Å². The third-order valence-electron chi connectivity index (χ3n) is 1.74. The van der Waals surface area contributed by atoms with E-state index in [-0.39, 0.29) is 0 Å². The van der Waals surface area contributed by atoms with Gasteiger partial charge in [-0.1, -0.05) is 11.8 Å². The second-order valence-corrected chi connectivity index (χ2v) is 4.91. The van der Waals surface area contributed by atoms with E-state index in [1.165, 1.54) is 4.88 Å². The molecule has 0 unspecified atom stereocenters. The molecule has 0 saturated heterocycles. The van der Waals surface area contributed by atoms with Crippen LogP contribution >= 0.6 is 23.1 Å². The molecule has 0 atom stereocenters. The van der Waals surface area contributed by atoms with E-state index in [0.717, 1.165) is 23.7 Å². The highest BCUT2D eigenvalue weighted by Crippen LogP contribution is 2.21. The first-order valence-corrected chi connectivity index (χ1v) is 6.74. The zero-order valence-corrected chi connectivity index (χ0v) is 10.4. The van der Waals surface area contributed by atoms with Gasteiger partial charge in [-0.3, -0.25) is 0 Å². The Balaban J connectivity index is 2.43. The van der Waals surface area contributed by atoms with Crippen molar-refractivity contribution in [1.82, 2.24) is 0 Å². The fourth-order valence-electron chi connectivity index (χ4n) is 1.02. The molecule has 0 aliphatic rings. The maximum absolute atomic E-state index is 5.34. The lowest BCUT2D eigenvalue weighted by molar-refractivity contribution is 0.218. The van der Waals surface area contributed by atoms with E-state index in [0.29, 0.717) is 6.54 Å². The molecule has 0 saturated carbocycles. The van der Waals surface area contributed by atoms with Gasteiger partial charge in [0.05, 0.1) is 13.2 Å². The molecule has 15 heavy (non-hydrogen) atoms. The predicted molar refractivity (Wildman–Crippen MR) is 68.3 cm³/mol. The summed E-state index contributed by atoms with van der Waals surface area (Å²) in [5.41, 5.74) is 6.46. The number of rotatable bonds is 5. The summed E-state index contributed by atoms with van der Waals surface area (Å²) in [6.45, 7) is 1.23. The fourth-order valence-corrected chi connectivity index (χ4v) is 2.92. The molecule has 0 radical (unpaired) electrons. The molecule has 2 nitrogen and oxygen atoms in total. The maximum atomic E-state index is 5.34. The second-order valence-electron chi connectivity index (χ2n) is 2.81. The number of thiophene rings is 1. The van der Waals surface area contributed by atoms with Crippen LogP contribution in [0.15, 0.2) is 11.4 Å². The average Bonchev–Trinajstić information content (AvgIpc) is 2.69. The normalized spacial score (nSPS) is 9.73. The number of hydrogen-bond acceptors (Lipinski definition) is 4. The smallest absolute Gasteiger partial charge is 0.0555 e. The van der Waals surface area contributed by atoms with E-state index in [1.807, 2.05) is 11.8 Å². The van der Waals surface area contributed by atoms with Crippen molar-refractivity contribution in [2.75, 3.05) is 26.0 Å². The van der Waals surface area contributed by atoms with Gasteiger partial charge in [-0.15, -0.1) is 11.3 Å². The molecule has 4 heteroatoms. The SMILES string of the molecule is COCCSCc1sccc1C#CCN. The van der Waals surface area contributed by atoms with Crippen LogP contribution in [-0.2, 0) is 10.5 Å². The van der Waals surface area contributed by atoms with Gasteiger partial charge in [0.15, 0.2) is 0 Å². The first-order valence-electron chi connectivity index (χ1n) is 4.70. The van der Waals surface area contributed by atoms with Crippen molar-refractivity contribution in [3.05, 3.63) is 21.9 Å². The molecule has 0 spiro atoms. The summed E-state index contributed by atoms with van der Waals surface area (Å²) >= 11 is 3.62. The van der Waals surface area contributed by atoms with Gasteiger partial charge in [0.2, 0.25) is 0 Å². The Morgan fingerprint density at radius 2 is 2.47 bits per heavy atom. The van der Waals surface area contributed by atoms with Crippen LogP contribution in [0.3, 0.4) is 0 Å². The summed E-state index contributed by atoms with van der Waals surface area (Å²) < 4.78 is 4.99. The third-order valence-corrected chi connectivity index (χ3v) is 3.79. The van der Waals surface area contributed by atoms with Crippen molar-refractivity contribution < 1.29 is 4.74 Å². The Kier molecular flexibility index (Phi) is 6.53. The molecule has 1 rings (SSSR count). The molecule has 0 bridgehead atoms. The van der Waals surface area contributed by atoms with Gasteiger partial charge in [0.1, 0.15) is 0 Å². The van der Waals surface area contributed by atoms with E-state index in [2.05, 4.69) is 23.3 Å². The molecule has 1 aromatic heterocycles. The second kappa shape index (κ2) is 7.77. The molecule has 2 N–H and O–H groups in total. The Morgan fingerprint density at radius 3 is 3.20 bits per heavy atom. The van der Waals surface area contributed by atoms with Crippen LogP contribution in [0.2, 0.25) is 0 Å². The van der Waals surface area contributed by atoms with Crippen LogP contribution in [-0.4, -0.2) is 26.0 Å². The molecule has 0 fully saturated rings. The van der Waals surface area contributed by atoms with E-state index in [1.54, 1.807) is 18.4 Å². The quantitative estimate of drug-likeness (QED) is 0.632. The summed E-state index contributed by atoms with van der Waals surface area (Å²) in [5.74, 6) is 8.00. The number of ether oxygens (including phenoxy) is 1. The predicted octanol–water partition coefficient (Wildman–Crippen LogP) is 1.94. The Hall–Kier alpha value is -0.470. The molecule has 82 valence electrons. The van der Waals surface area contributed by atoms with Crippen molar-refractivity contribution in [1.29, 1.82) is 0 Å². The van der Waals surface area contributed by atoms with Gasteiger partial charge in [0.25, 0.3) is 0 Å². The van der Waals surface area contributed by atoms with Crippen LogP contribution in [0, 0.1) is 11.8 Å². The summed E-state index contributed by atoms with van der Waals surface area (Å²) in [6.07, 6.45) is 0. The minimum Gasteiger partial charge on any atom is -0.384 e. The molecule has 0 aromatic carbocycles. The zero-order valence-electron chi connectivity index (χ0n) is 8.79. The van der Waals surface area contributed by atoms with E-state index in [9.17, 15) is 0 Å². The molecular formula is C11H15NOS2. The maximum Gasteiger partial charge on any atom is 0.0555 e. The first kappa shape index (κ1) is 12.6. The fraction of sp³-hybridized carbons (Fsp3) is 0.455. The van der Waals surface area contributed by atoms with Crippen LogP contribution in [0.5, 0.6) is 0 Å². The number of methoxy groups -OCH3 is 1.